The molecular weight excluding hydrogens is 548 g/mol. The van der Waals surface area contributed by atoms with Gasteiger partial charge in [-0.3, -0.25) is 4.18 Å². The molecule has 10 heteroatoms. The van der Waals surface area contributed by atoms with Gasteiger partial charge in [-0.1, -0.05) is 91.0 Å². The molecule has 0 aliphatic carbocycles. The highest BCUT2D eigenvalue weighted by molar-refractivity contribution is 7.86. The van der Waals surface area contributed by atoms with Crippen LogP contribution in [0.15, 0.2) is 91.0 Å². The molecule has 1 aliphatic rings. The van der Waals surface area contributed by atoms with Gasteiger partial charge in [0.1, 0.15) is 30.2 Å². The van der Waals surface area contributed by atoms with Crippen molar-refractivity contribution in [3.63, 3.8) is 0 Å². The molecule has 1 aliphatic heterocycles. The van der Waals surface area contributed by atoms with Gasteiger partial charge in [0.25, 0.3) is 10.1 Å². The molecule has 3 aromatic rings. The van der Waals surface area contributed by atoms with E-state index in [1.165, 1.54) is 7.11 Å². The average molecular weight is 587 g/mol. The van der Waals surface area contributed by atoms with Gasteiger partial charge in [-0.15, -0.1) is 0 Å². The Bertz CT molecular complexity index is 1270. The van der Waals surface area contributed by atoms with E-state index in [1.54, 1.807) is 6.92 Å². The number of aliphatic hydroxyl groups excluding tert-OH is 1. The van der Waals surface area contributed by atoms with E-state index in [9.17, 15) is 13.5 Å². The highest BCUT2D eigenvalue weighted by Crippen LogP contribution is 2.37. The lowest BCUT2D eigenvalue weighted by Crippen LogP contribution is -2.69. The molecule has 0 bridgehead atoms. The van der Waals surface area contributed by atoms with E-state index in [-0.39, 0.29) is 33.0 Å². The standard InChI is InChI=1S/C31H38O9S/c1-3-39-41(33,34)23-31(35-2)30(38-21-26-17-11-6-12-18-26)29(37-20-25-15-9-5-10-16-25)28(32)27(40-31)22-36-19-24-13-7-4-8-14-24/h4-18,27-30,32H,3,19-23H2,1-2H3/t27-,28-,29+,30-,31+/m1/s1. The van der Waals surface area contributed by atoms with Gasteiger partial charge in [0.05, 0.1) is 33.0 Å². The number of benzene rings is 3. The maximum absolute atomic E-state index is 13.0. The molecule has 5 atom stereocenters. The summed E-state index contributed by atoms with van der Waals surface area (Å²) in [6.45, 7) is 1.99. The second-order valence-corrected chi connectivity index (χ2v) is 11.4. The van der Waals surface area contributed by atoms with Crippen LogP contribution in [0.2, 0.25) is 0 Å². The van der Waals surface area contributed by atoms with Crippen LogP contribution < -0.4 is 0 Å². The van der Waals surface area contributed by atoms with E-state index in [2.05, 4.69) is 0 Å². The molecule has 0 aromatic heterocycles. The minimum atomic E-state index is -4.12. The number of hydrogen-bond acceptors (Lipinski definition) is 9. The molecule has 4 rings (SSSR count). The van der Waals surface area contributed by atoms with Crippen LogP contribution in [-0.4, -0.2) is 69.8 Å². The lowest BCUT2D eigenvalue weighted by Gasteiger charge is -2.50. The smallest absolute Gasteiger partial charge is 0.272 e. The molecule has 0 amide bonds. The highest BCUT2D eigenvalue weighted by atomic mass is 32.2. The quantitative estimate of drug-likeness (QED) is 0.266. The van der Waals surface area contributed by atoms with Gasteiger partial charge in [0.15, 0.2) is 0 Å². The third kappa shape index (κ3) is 8.67. The van der Waals surface area contributed by atoms with Gasteiger partial charge < -0.3 is 28.8 Å². The number of hydrogen-bond donors (Lipinski definition) is 1. The first-order chi connectivity index (χ1) is 19.9. The van der Waals surface area contributed by atoms with Crippen LogP contribution in [0, 0.1) is 0 Å². The molecule has 0 radical (unpaired) electrons. The maximum atomic E-state index is 13.0. The third-order valence-corrected chi connectivity index (χ3v) is 8.12. The summed E-state index contributed by atoms with van der Waals surface area (Å²) >= 11 is 0. The van der Waals surface area contributed by atoms with Gasteiger partial charge in [0, 0.05) is 7.11 Å². The molecule has 9 nitrogen and oxygen atoms in total. The molecule has 1 saturated heterocycles. The Balaban J connectivity index is 1.64. The Morgan fingerprint density at radius 1 is 0.805 bits per heavy atom. The number of aliphatic hydroxyl groups is 1. The summed E-state index contributed by atoms with van der Waals surface area (Å²) in [6.07, 6.45) is -4.40. The zero-order valence-electron chi connectivity index (χ0n) is 23.3. The van der Waals surface area contributed by atoms with Crippen molar-refractivity contribution in [3.05, 3.63) is 108 Å². The second-order valence-electron chi connectivity index (χ2n) is 9.75. The van der Waals surface area contributed by atoms with Crippen molar-refractivity contribution in [2.75, 3.05) is 26.1 Å². The Kier molecular flexibility index (Phi) is 11.4. The first kappa shape index (κ1) is 31.3. The normalized spacial score (nSPS) is 24.8. The Hall–Kier alpha value is -2.67. The van der Waals surface area contributed by atoms with Crippen molar-refractivity contribution in [2.45, 2.75) is 56.9 Å². The minimum Gasteiger partial charge on any atom is -0.387 e. The summed E-state index contributed by atoms with van der Waals surface area (Å²) in [5.41, 5.74) is 2.65. The fraction of sp³-hybridized carbons (Fsp3) is 0.419. The van der Waals surface area contributed by atoms with Crippen LogP contribution in [0.4, 0.5) is 0 Å². The van der Waals surface area contributed by atoms with E-state index in [0.717, 1.165) is 16.7 Å². The first-order valence-electron chi connectivity index (χ1n) is 13.6. The van der Waals surface area contributed by atoms with E-state index >= 15 is 0 Å². The first-order valence-corrected chi connectivity index (χ1v) is 15.1. The molecule has 0 unspecified atom stereocenters. The van der Waals surface area contributed by atoms with Crippen molar-refractivity contribution < 1.29 is 41.4 Å². The van der Waals surface area contributed by atoms with Gasteiger partial charge in [-0.2, -0.15) is 8.42 Å². The van der Waals surface area contributed by atoms with Crippen molar-refractivity contribution >= 4 is 10.1 Å². The van der Waals surface area contributed by atoms with Gasteiger partial charge in [0.2, 0.25) is 5.79 Å². The van der Waals surface area contributed by atoms with Crippen LogP contribution in [0.3, 0.4) is 0 Å². The molecule has 1 heterocycles. The van der Waals surface area contributed by atoms with Crippen LogP contribution in [0.5, 0.6) is 0 Å². The van der Waals surface area contributed by atoms with E-state index in [0.29, 0.717) is 0 Å². The van der Waals surface area contributed by atoms with Crippen LogP contribution in [0.25, 0.3) is 0 Å². The van der Waals surface area contributed by atoms with Crippen molar-refractivity contribution in [2.24, 2.45) is 0 Å². The fourth-order valence-electron chi connectivity index (χ4n) is 4.78. The fourth-order valence-corrected chi connectivity index (χ4v) is 6.06. The Morgan fingerprint density at radius 2 is 1.32 bits per heavy atom. The van der Waals surface area contributed by atoms with E-state index < -0.39 is 46.1 Å². The van der Waals surface area contributed by atoms with Crippen LogP contribution >= 0.6 is 0 Å². The number of ether oxygens (including phenoxy) is 5. The van der Waals surface area contributed by atoms with Crippen LogP contribution in [-0.2, 0) is 57.8 Å². The SMILES string of the molecule is CCOS(=O)(=O)C[C@]1(OC)O[C@H](COCc2ccccc2)[C@@H](O)[C@H](OCc2ccccc2)[C@H]1OCc1ccccc1. The molecule has 0 spiro atoms. The molecule has 3 aromatic carbocycles. The van der Waals surface area contributed by atoms with Crippen molar-refractivity contribution in [1.29, 1.82) is 0 Å². The summed E-state index contributed by atoms with van der Waals surface area (Å²) in [4.78, 5) is 0. The Labute approximate surface area is 242 Å². The molecular formula is C31H38O9S. The number of methoxy groups -OCH3 is 1. The minimum absolute atomic E-state index is 0.0492. The lowest BCUT2D eigenvalue weighted by molar-refractivity contribution is -0.364. The molecule has 41 heavy (non-hydrogen) atoms. The lowest BCUT2D eigenvalue weighted by atomic mass is 9.92. The summed E-state index contributed by atoms with van der Waals surface area (Å²) in [5.74, 6) is -2.55. The van der Waals surface area contributed by atoms with E-state index in [1.807, 2.05) is 91.0 Å². The van der Waals surface area contributed by atoms with Gasteiger partial charge >= 0.3 is 0 Å². The second kappa shape index (κ2) is 15.0. The van der Waals surface area contributed by atoms with Crippen molar-refractivity contribution in [1.82, 2.24) is 0 Å². The summed E-state index contributed by atoms with van der Waals surface area (Å²) in [6, 6.07) is 28.4. The van der Waals surface area contributed by atoms with Crippen molar-refractivity contribution in [3.8, 4) is 0 Å². The predicted octanol–water partition coefficient (Wildman–Crippen LogP) is 3.84. The molecule has 0 saturated carbocycles. The van der Waals surface area contributed by atoms with Gasteiger partial charge in [-0.25, -0.2) is 0 Å². The number of rotatable bonds is 15. The Morgan fingerprint density at radius 3 is 1.83 bits per heavy atom. The highest BCUT2D eigenvalue weighted by Gasteiger charge is 2.58. The summed E-state index contributed by atoms with van der Waals surface area (Å²) < 4.78 is 61.6. The monoisotopic (exact) mass is 586 g/mol. The molecule has 222 valence electrons. The van der Waals surface area contributed by atoms with Crippen LogP contribution in [0.1, 0.15) is 23.6 Å². The average Bonchev–Trinajstić information content (AvgIpc) is 2.98. The van der Waals surface area contributed by atoms with Gasteiger partial charge in [-0.05, 0) is 23.6 Å². The zero-order valence-corrected chi connectivity index (χ0v) is 24.2. The summed E-state index contributed by atoms with van der Waals surface area (Å²) in [7, 11) is -2.78. The predicted molar refractivity (Wildman–Crippen MR) is 152 cm³/mol. The van der Waals surface area contributed by atoms with E-state index in [4.69, 9.17) is 27.9 Å². The molecule has 1 fully saturated rings. The third-order valence-electron chi connectivity index (χ3n) is 6.77. The maximum Gasteiger partial charge on any atom is 0.272 e. The molecule has 1 N–H and O–H groups in total. The zero-order chi connectivity index (χ0) is 29.1. The summed E-state index contributed by atoms with van der Waals surface area (Å²) in [5, 5.41) is 11.6. The topological polar surface area (TPSA) is 110 Å². The largest absolute Gasteiger partial charge is 0.387 e.